The molecule has 17 heteroatoms. The highest BCUT2D eigenvalue weighted by Gasteiger charge is 2.32. The Kier molecular flexibility index (Phi) is 13.9. The van der Waals surface area contributed by atoms with Crippen LogP contribution < -0.4 is 21.1 Å². The molecule has 0 bridgehead atoms. The molecule has 0 aliphatic heterocycles. The van der Waals surface area contributed by atoms with Crippen molar-refractivity contribution in [2.75, 3.05) is 10.6 Å². The van der Waals surface area contributed by atoms with Gasteiger partial charge in [-0.3, -0.25) is 9.59 Å². The summed E-state index contributed by atoms with van der Waals surface area (Å²) in [5, 5.41) is 7.19. The van der Waals surface area contributed by atoms with Crippen molar-refractivity contribution in [2.45, 2.75) is 38.0 Å². The summed E-state index contributed by atoms with van der Waals surface area (Å²) in [5.41, 5.74) is 10.9. The fourth-order valence-corrected chi connectivity index (χ4v) is 8.74. The number of aromatic nitrogens is 2. The Bertz CT molecular complexity index is 2740. The summed E-state index contributed by atoms with van der Waals surface area (Å²) >= 11 is 8.41. The minimum Gasteiger partial charge on any atom is -0.332 e. The Morgan fingerprint density at radius 1 is 0.700 bits per heavy atom. The van der Waals surface area contributed by atoms with Crippen LogP contribution >= 0.6 is 34.3 Å². The summed E-state index contributed by atoms with van der Waals surface area (Å²) in [6.07, 6.45) is -1.58. The number of carbonyl (C=O) groups is 2. The van der Waals surface area contributed by atoms with E-state index in [-0.39, 0.29) is 23.1 Å². The van der Waals surface area contributed by atoms with Crippen molar-refractivity contribution in [3.8, 4) is 0 Å². The number of alkyl halides is 3. The van der Waals surface area contributed by atoms with Crippen LogP contribution in [-0.2, 0) is 29.3 Å². The van der Waals surface area contributed by atoms with E-state index in [0.717, 1.165) is 40.1 Å². The molecule has 0 fully saturated rings. The van der Waals surface area contributed by atoms with E-state index in [1.807, 2.05) is 74.5 Å². The molecule has 308 valence electrons. The third-order valence-electron chi connectivity index (χ3n) is 8.90. The number of carbonyl (C=O) groups excluding carboxylic acids is 2. The second-order valence-corrected chi connectivity index (χ2v) is 17.4. The second-order valence-electron chi connectivity index (χ2n) is 13.2. The van der Waals surface area contributed by atoms with Gasteiger partial charge >= 0.3 is 6.18 Å². The maximum absolute atomic E-state index is 13.0. The smallest absolute Gasteiger partial charge is 0.332 e. The number of anilines is 4. The molecule has 7 aromatic rings. The Morgan fingerprint density at radius 3 is 1.62 bits per heavy atom. The van der Waals surface area contributed by atoms with Crippen molar-refractivity contribution < 1.29 is 31.2 Å². The van der Waals surface area contributed by atoms with Gasteiger partial charge in [-0.15, -0.1) is 0 Å². The van der Waals surface area contributed by atoms with Crippen LogP contribution in [0.5, 0.6) is 0 Å². The third kappa shape index (κ3) is 11.1. The van der Waals surface area contributed by atoms with E-state index in [1.54, 1.807) is 42.6 Å². The highest BCUT2D eigenvalue weighted by Crippen LogP contribution is 2.34. The van der Waals surface area contributed by atoms with Gasteiger partial charge in [-0.05, 0) is 78.6 Å². The van der Waals surface area contributed by atoms with Gasteiger partial charge in [-0.1, -0.05) is 107 Å². The molecular weight excluding hydrogens is 853 g/mol. The van der Waals surface area contributed by atoms with Crippen LogP contribution in [0.25, 0.3) is 0 Å². The highest BCUT2D eigenvalue weighted by molar-refractivity contribution is 7.89. The lowest BCUT2D eigenvalue weighted by molar-refractivity contribution is -0.137. The minimum atomic E-state index is -4.70. The lowest BCUT2D eigenvalue weighted by Gasteiger charge is -2.12. The van der Waals surface area contributed by atoms with E-state index in [1.165, 1.54) is 28.9 Å². The molecule has 5 N–H and O–H groups in total. The van der Waals surface area contributed by atoms with Crippen LogP contribution in [0.1, 0.15) is 58.3 Å². The van der Waals surface area contributed by atoms with E-state index >= 15 is 0 Å². The number of benzene rings is 5. The van der Waals surface area contributed by atoms with Gasteiger partial charge in [-0.2, -0.15) is 13.2 Å². The Hall–Kier alpha value is -5.75. The summed E-state index contributed by atoms with van der Waals surface area (Å²) in [7, 11) is -4.30. The molecule has 0 saturated heterocycles. The first-order valence-electron chi connectivity index (χ1n) is 18.0. The quantitative estimate of drug-likeness (QED) is 0.0828. The van der Waals surface area contributed by atoms with Crippen LogP contribution in [0.2, 0.25) is 5.02 Å². The number of aryl methyl sites for hydroxylation is 2. The van der Waals surface area contributed by atoms with Crippen LogP contribution in [0.3, 0.4) is 0 Å². The number of rotatable bonds is 13. The third-order valence-corrected chi connectivity index (χ3v) is 12.6. The van der Waals surface area contributed by atoms with Crippen molar-refractivity contribution in [1.82, 2.24) is 14.7 Å². The normalized spacial score (nSPS) is 11.4. The summed E-state index contributed by atoms with van der Waals surface area (Å²) < 4.78 is 66.4. The molecule has 0 amide bonds. The van der Waals surface area contributed by atoms with E-state index in [2.05, 4.69) is 25.3 Å². The van der Waals surface area contributed by atoms with E-state index < -0.39 is 26.7 Å². The van der Waals surface area contributed by atoms with E-state index in [4.69, 9.17) is 17.3 Å². The second kappa shape index (κ2) is 19.1. The van der Waals surface area contributed by atoms with Gasteiger partial charge < -0.3 is 16.4 Å². The number of thiazole rings is 2. The first-order valence-corrected chi connectivity index (χ1v) is 21.5. The number of nitrogens with zero attached hydrogens (tertiary/aromatic N) is 2. The molecule has 2 aromatic heterocycles. The Morgan fingerprint density at radius 2 is 1.17 bits per heavy atom. The molecule has 0 aliphatic carbocycles. The van der Waals surface area contributed by atoms with Gasteiger partial charge in [0, 0.05) is 35.6 Å². The van der Waals surface area contributed by atoms with Crippen LogP contribution in [0, 0.1) is 13.8 Å². The molecule has 2 heterocycles. The molecular formula is C43H36ClF3N6O4S3. The number of nitrogens with one attached hydrogen (secondary N) is 3. The van der Waals surface area contributed by atoms with Gasteiger partial charge in [-0.25, -0.2) is 23.1 Å². The lowest BCUT2D eigenvalue weighted by atomic mass is 10.0. The predicted molar refractivity (Wildman–Crippen MR) is 231 cm³/mol. The zero-order chi connectivity index (χ0) is 43.0. The number of nitrogens with two attached hydrogens (primary N) is 1. The van der Waals surface area contributed by atoms with Crippen molar-refractivity contribution in [3.63, 3.8) is 0 Å². The molecule has 0 spiro atoms. The molecule has 0 unspecified atom stereocenters. The van der Waals surface area contributed by atoms with Gasteiger partial charge in [0.05, 0.1) is 32.7 Å². The predicted octanol–water partition coefficient (Wildman–Crippen LogP) is 10.5. The molecule has 0 saturated carbocycles. The summed E-state index contributed by atoms with van der Waals surface area (Å²) in [6.45, 7) is 4.16. The van der Waals surface area contributed by atoms with E-state index in [0.29, 0.717) is 49.4 Å². The number of sulfonamides is 1. The Balaban J connectivity index is 0.000000224. The summed E-state index contributed by atoms with van der Waals surface area (Å²) in [5.74, 6) is -0.112. The molecule has 0 radical (unpaired) electrons. The first kappa shape index (κ1) is 43.8. The summed E-state index contributed by atoms with van der Waals surface area (Å²) in [4.78, 5) is 34.3. The van der Waals surface area contributed by atoms with Crippen LogP contribution in [-0.4, -0.2) is 30.0 Å². The molecule has 0 atom stereocenters. The Labute approximate surface area is 357 Å². The molecule has 10 nitrogen and oxygen atoms in total. The average Bonchev–Trinajstić information content (AvgIpc) is 3.91. The number of halogens is 4. The number of hydrogen-bond acceptors (Lipinski definition) is 11. The van der Waals surface area contributed by atoms with Gasteiger partial charge in [0.2, 0.25) is 21.6 Å². The van der Waals surface area contributed by atoms with Crippen molar-refractivity contribution in [3.05, 3.63) is 181 Å². The van der Waals surface area contributed by atoms with Gasteiger partial charge in [0.15, 0.2) is 10.3 Å². The van der Waals surface area contributed by atoms with E-state index in [9.17, 15) is 31.2 Å². The standard InChI is InChI=1S/C25H19ClF3N3O3S2.C18H17N3OS/c1-15-4-2-3-5-19(15)23(33)21-14-30-24(36-21)32-18-9-6-16(7-10-18)13-31-37(34,35)22-12-17(25(27,28)29)8-11-20(22)26;1-12-4-2-3-5-15(12)17(22)16-11-20-18(23-16)21-14-8-6-13(10-19)7-9-14/h2-12,14,31H,13H2,1H3,(H,30,32);2-9,11H,10,19H2,1H3,(H,20,21). The largest absolute Gasteiger partial charge is 0.416 e. The monoisotopic (exact) mass is 888 g/mol. The maximum Gasteiger partial charge on any atom is 0.416 e. The topological polar surface area (TPSA) is 156 Å². The fourth-order valence-electron chi connectivity index (χ4n) is 5.61. The van der Waals surface area contributed by atoms with Crippen LogP contribution in [0.15, 0.2) is 133 Å². The fraction of sp³-hybridized carbons (Fsp3) is 0.116. The summed E-state index contributed by atoms with van der Waals surface area (Å²) in [6, 6.07) is 31.5. The minimum absolute atomic E-state index is 0.00660. The number of ketones is 2. The molecule has 5 aromatic carbocycles. The zero-order valence-corrected chi connectivity index (χ0v) is 35.1. The lowest BCUT2D eigenvalue weighted by Crippen LogP contribution is -2.24. The zero-order valence-electron chi connectivity index (χ0n) is 31.9. The first-order chi connectivity index (χ1) is 28.6. The maximum atomic E-state index is 13.0. The number of hydrogen-bond donors (Lipinski definition) is 4. The van der Waals surface area contributed by atoms with Crippen molar-refractivity contribution in [1.29, 1.82) is 0 Å². The highest BCUT2D eigenvalue weighted by atomic mass is 35.5. The van der Waals surface area contributed by atoms with Gasteiger partial charge in [0.25, 0.3) is 0 Å². The molecule has 60 heavy (non-hydrogen) atoms. The SMILES string of the molecule is Cc1ccccc1C(=O)c1cnc(Nc2ccc(CN)cc2)s1.Cc1ccccc1C(=O)c1cnc(Nc2ccc(CNS(=O)(=O)c3cc(C(F)(F)F)ccc3Cl)cc2)s1. The molecule has 7 rings (SSSR count). The van der Waals surface area contributed by atoms with Crippen molar-refractivity contribution in [2.24, 2.45) is 5.73 Å². The molecule has 0 aliphatic rings. The van der Waals surface area contributed by atoms with Gasteiger partial charge in [0.1, 0.15) is 4.90 Å². The average molecular weight is 889 g/mol. The van der Waals surface area contributed by atoms with Crippen LogP contribution in [0.4, 0.5) is 34.8 Å². The van der Waals surface area contributed by atoms with Crippen molar-refractivity contribution >= 4 is 77.5 Å².